The molecule has 54 heteroatoms. The highest BCUT2D eigenvalue weighted by atomic mass is 28.4. The van der Waals surface area contributed by atoms with Gasteiger partial charge in [-0.2, -0.15) is 0 Å². The molecule has 1 heterocycles. The Labute approximate surface area is 863 Å². The topological polar surface area (TPSA) is 479 Å². The van der Waals surface area contributed by atoms with E-state index in [9.17, 15) is 58.2 Å². The Kier molecular flexibility index (Phi) is 95.9. The van der Waals surface area contributed by atoms with Crippen LogP contribution in [0.4, 0.5) is 4.79 Å². The summed E-state index contributed by atoms with van der Waals surface area (Å²) < 4.78 is 128. The maximum Gasteiger partial charge on any atom is 0.500 e. The van der Waals surface area contributed by atoms with Gasteiger partial charge in [-0.3, -0.25) is 43.3 Å². The number of nitrogens with one attached hydrogen (secondary N) is 2. The normalized spacial score (nSPS) is 12.4. The molecule has 1 aliphatic rings. The number of urea groups is 1. The number of carbonyl (C=O) groups is 10. The molecule has 1 unspecified atom stereocenters. The van der Waals surface area contributed by atoms with E-state index >= 15 is 0 Å². The zero-order valence-corrected chi connectivity index (χ0v) is 102. The smallest absolute Gasteiger partial charge is 0.465 e. The minimum absolute atomic E-state index is 0. The Morgan fingerprint density at radius 3 is 1.01 bits per heavy atom. The number of rotatable bonds is 70. The zero-order chi connectivity index (χ0) is 110. The second-order valence-electron chi connectivity index (χ2n) is 33.2. The molecule has 846 valence electrons. The van der Waals surface area contributed by atoms with Crippen LogP contribution < -0.4 is 10.6 Å². The van der Waals surface area contributed by atoms with Gasteiger partial charge in [-0.05, 0) is 142 Å². The number of aliphatic hydroxyl groups excluding tert-OH is 2. The predicted octanol–water partition coefficient (Wildman–Crippen LogP) is 8.10. The van der Waals surface area contributed by atoms with Crippen molar-refractivity contribution in [3.05, 3.63) is 12.7 Å². The first kappa shape index (κ1) is 153. The minimum atomic E-state index is -2.60. The summed E-state index contributed by atoms with van der Waals surface area (Å²) in [5.74, 6) is -1.29. The van der Waals surface area contributed by atoms with Crippen molar-refractivity contribution in [1.82, 2.24) is 44.9 Å². The highest BCUT2D eigenvalue weighted by Gasteiger charge is 2.42. The molecule has 0 saturated carbocycles. The molecule has 0 aromatic rings. The first-order chi connectivity index (χ1) is 66.2. The Morgan fingerprint density at radius 1 is 0.394 bits per heavy atom. The van der Waals surface area contributed by atoms with Crippen LogP contribution in [0.1, 0.15) is 133 Å². The maximum atomic E-state index is 11.9. The average Bonchev–Trinajstić information content (AvgIpc) is 1.75. The van der Waals surface area contributed by atoms with E-state index in [1.165, 1.54) is 18.7 Å². The molecular weight excluding hydrogens is 2010 g/mol. The van der Waals surface area contributed by atoms with Crippen LogP contribution in [0.3, 0.4) is 0 Å². The lowest BCUT2D eigenvalue weighted by Gasteiger charge is -2.28. The average molecular weight is 2210 g/mol. The number of carbonyl (C=O) groups excluding carboxylic acids is 10. The highest BCUT2D eigenvalue weighted by molar-refractivity contribution is 6.68. The molecule has 1 aliphatic heterocycles. The van der Waals surface area contributed by atoms with Gasteiger partial charge < -0.3 is 157 Å². The van der Waals surface area contributed by atoms with Crippen molar-refractivity contribution in [2.75, 3.05) is 289 Å². The van der Waals surface area contributed by atoms with Gasteiger partial charge >= 0.3 is 96.0 Å². The van der Waals surface area contributed by atoms with Gasteiger partial charge in [0.25, 0.3) is 0 Å². The fourth-order valence-corrected chi connectivity index (χ4v) is 27.8. The third-order valence-corrected chi connectivity index (χ3v) is 49.5. The fraction of sp³-hybridized carbons (Fsp3) is 0.864. The van der Waals surface area contributed by atoms with Gasteiger partial charge in [0.15, 0.2) is 0 Å². The van der Waals surface area contributed by atoms with Crippen molar-refractivity contribution in [2.45, 2.75) is 214 Å². The Balaban J connectivity index is -0.000000244. The van der Waals surface area contributed by atoms with E-state index in [1.54, 1.807) is 223 Å². The Morgan fingerprint density at radius 2 is 0.704 bits per heavy atom. The quantitative estimate of drug-likeness (QED) is 0.0147. The fourth-order valence-electron chi connectivity index (χ4n) is 12.7. The molecule has 0 spiro atoms. The van der Waals surface area contributed by atoms with Crippen molar-refractivity contribution >= 4 is 137 Å². The van der Waals surface area contributed by atoms with Gasteiger partial charge in [0.1, 0.15) is 0 Å². The molecule has 0 aromatic carbocycles. The first-order valence-corrected chi connectivity index (χ1v) is 67.4. The van der Waals surface area contributed by atoms with Gasteiger partial charge in [0.2, 0.25) is 41.4 Å². The van der Waals surface area contributed by atoms with E-state index in [4.69, 9.17) is 107 Å². The lowest BCUT2D eigenvalue weighted by Crippen LogP contribution is -2.45. The largest absolute Gasteiger partial charge is 0.500 e. The van der Waals surface area contributed by atoms with Crippen LogP contribution in [0, 0.1) is 5.92 Å². The van der Waals surface area contributed by atoms with E-state index in [2.05, 4.69) is 28.7 Å². The highest BCUT2D eigenvalue weighted by Crippen LogP contribution is 2.24. The van der Waals surface area contributed by atoms with Crippen LogP contribution in [0.25, 0.3) is 0 Å². The summed E-state index contributed by atoms with van der Waals surface area (Å²) in [5.41, 5.74) is 0. The van der Waals surface area contributed by atoms with Gasteiger partial charge in [0.05, 0.1) is 38.4 Å². The summed E-state index contributed by atoms with van der Waals surface area (Å²) in [5, 5.41) is 24.2. The molecule has 142 heavy (non-hydrogen) atoms. The molecule has 9 amide bonds. The molecule has 0 aromatic heterocycles. The van der Waals surface area contributed by atoms with E-state index in [0.29, 0.717) is 109 Å². The number of imide groups is 1. The second kappa shape index (κ2) is 89.2. The number of hydrogen-bond acceptors (Lipinski definition) is 37. The zero-order valence-electron chi connectivity index (χ0n) is 93.4. The summed E-state index contributed by atoms with van der Waals surface area (Å²) in [4.78, 5) is 124. The molecule has 1 saturated heterocycles. The summed E-state index contributed by atoms with van der Waals surface area (Å²) >= 11 is 0. The van der Waals surface area contributed by atoms with Crippen molar-refractivity contribution in [2.24, 2.45) is 5.92 Å². The van der Waals surface area contributed by atoms with Gasteiger partial charge in [-0.25, -0.2) is 9.59 Å². The van der Waals surface area contributed by atoms with Crippen molar-refractivity contribution in [3.63, 3.8) is 0 Å². The van der Waals surface area contributed by atoms with Crippen molar-refractivity contribution in [3.8, 4) is 0 Å². The van der Waals surface area contributed by atoms with Crippen LogP contribution in [0.2, 0.25) is 80.6 Å². The van der Waals surface area contributed by atoms with Gasteiger partial charge in [0, 0.05) is 327 Å². The summed E-state index contributed by atoms with van der Waals surface area (Å²) in [6.45, 7) is 30.7. The number of nitrogens with zero attached hydrogens (tertiary/aromatic N) is 7. The maximum absolute atomic E-state index is 11.9. The molecule has 0 bridgehead atoms. The molecule has 0 radical (unpaired) electrons. The van der Waals surface area contributed by atoms with Crippen molar-refractivity contribution < 1.29 is 165 Å². The number of hydrogen-bond donors (Lipinski definition) is 4. The Hall–Kier alpha value is -4.61. The lowest BCUT2D eigenvalue weighted by molar-refractivity contribution is -0.148. The Bertz CT molecular complexity index is 3150. The summed E-state index contributed by atoms with van der Waals surface area (Å²) in [7, 11) is 22.4. The van der Waals surface area contributed by atoms with Crippen molar-refractivity contribution in [1.29, 1.82) is 0 Å². The van der Waals surface area contributed by atoms with Crippen LogP contribution in [0.15, 0.2) is 12.7 Å². The van der Waals surface area contributed by atoms with Gasteiger partial charge in [-0.15, -0.1) is 0 Å². The van der Waals surface area contributed by atoms with Crippen LogP contribution in [-0.2, 0) is 150 Å². The second-order valence-corrected chi connectivity index (χ2v) is 63.1. The predicted molar refractivity (Wildman–Crippen MR) is 566 cm³/mol. The number of aliphatic hydroxyl groups is 2. The summed E-state index contributed by atoms with van der Waals surface area (Å²) in [6, 6.07) is 6.90. The third-order valence-electron chi connectivity index (χ3n) is 23.0. The summed E-state index contributed by atoms with van der Waals surface area (Å²) in [6.07, 6.45) is 9.32. The van der Waals surface area contributed by atoms with Gasteiger partial charge in [-0.1, -0.05) is 14.0 Å². The molecule has 0 aliphatic carbocycles. The molecular formula is C88H197N9O36Si9. The number of esters is 2. The SMILES string of the molecule is C.C=CC(=O)OCC(CO)COC(=O)CCN(C)CCC[Si](C)(OCC)OCC.CO[Si](C)(CCCN(C)C(C)=O)OC.CO[Si](C)(CCCN1C(=O)CCC1=O)OC.CO[Si](C)(CCCNC(C)=O)OC.CO[Si](CCCN(C)C(=O)N(C)C)(OC)OC.CO[Si](CCCN(C)C(C)=O)(OC)OC.CO[Si](CCCNC(C)=O)(OC)OC.CO[Si](CO)(CCCN(CCC[Si](OC)(OC)OC)C(C)=O)OC. The van der Waals surface area contributed by atoms with E-state index < -0.39 is 89.9 Å². The monoisotopic (exact) mass is 2210 g/mol. The van der Waals surface area contributed by atoms with E-state index in [-0.39, 0.29) is 93.2 Å². The van der Waals surface area contributed by atoms with Crippen LogP contribution in [0.5, 0.6) is 0 Å². The number of amides is 9. The molecule has 1 fully saturated rings. The first-order valence-electron chi connectivity index (χ1n) is 47.3. The van der Waals surface area contributed by atoms with E-state index in [1.807, 2.05) is 40.5 Å². The molecule has 45 nitrogen and oxygen atoms in total. The minimum Gasteiger partial charge on any atom is -0.465 e. The molecule has 4 N–H and O–H groups in total. The third kappa shape index (κ3) is 72.7. The molecule has 1 rings (SSSR count). The standard InChI is InChI=1S/C19H37NO7Si.C14H33NO7Si2.C10H24N2O4Si.C10H19NO4Si.C9H21NO4Si.C9H21NO3Si.C8H19NO4Si.C8H19NO3Si.CH4/c1-6-18(22)24-15-17(14-21)16-25-19(23)10-12-20(4)11-9-13-28(5,26-7-2)27-8-3;1-14(17)15(9-7-11-23(13-16,18-2)19-3)10-8-12-24(20-4,21-5)22-6;1-11(2)10(13)12(3)8-7-9-17(14-4,15-5)16-6;1-14-16(3,15-2)8-4-7-11-9(12)5-6-10(11)13;1-9(11)10(2)7-6-8-15(12-3,13-4)14-5;1-9(11)10(2)7-6-8-14(5,12-3)13-4;1-8(10)9-6-5-7-14(11-2,12-3)13-4;1-8(10)9-6-5-7-13(4,11-2)12-3;/h6,17,21H,1,7-16H2,2-5H3;16H,7-13H2,1-6H3;7-9H2,1-6H3;4-8H2,1-3H3;6-8H2,1-5H3;6-8H2,1-5H3;5-7H2,1-4H3,(H,9,10);5-7H2,1-4H3,(H,9,10);1H4. The van der Waals surface area contributed by atoms with E-state index in [0.717, 1.165) is 101 Å². The number of ether oxygens (including phenoxy) is 2. The number of likely N-dealkylation sites (tertiary alicyclic amines) is 1. The van der Waals surface area contributed by atoms with Crippen LogP contribution in [-0.4, -0.2) is 471 Å². The van der Waals surface area contributed by atoms with Crippen LogP contribution >= 0.6 is 0 Å². The lowest BCUT2D eigenvalue weighted by atomic mass is 10.2. The molecule has 1 atom stereocenters.